The van der Waals surface area contributed by atoms with Crippen LogP contribution in [0.2, 0.25) is 0 Å². The molecule has 3 fully saturated rings. The third-order valence-electron chi connectivity index (χ3n) is 9.04. The lowest BCUT2D eigenvalue weighted by molar-refractivity contribution is -0.242. The molecule has 4 nitrogen and oxygen atoms in total. The molecule has 3 aliphatic rings. The minimum atomic E-state index is 0.218. The van der Waals surface area contributed by atoms with Crippen molar-refractivity contribution in [3.05, 3.63) is 0 Å². The molecule has 0 saturated heterocycles. The average molecular weight is 397 g/mol. The molecule has 3 rings (SSSR count). The predicted octanol–water partition coefficient (Wildman–Crippen LogP) is 5.65. The topological polar surface area (TPSA) is 36.9 Å². The lowest BCUT2D eigenvalue weighted by atomic mass is 9.39. The molecule has 0 unspecified atom stereocenters. The van der Waals surface area contributed by atoms with E-state index in [0.29, 0.717) is 30.3 Å². The highest BCUT2D eigenvalue weighted by atomic mass is 16.7. The highest BCUT2D eigenvalue weighted by Gasteiger charge is 2.63. The fraction of sp³-hybridized carbons (Fsp3) is 1.00. The standard InChI is InChI=1S/C24H44O4/c1-7-24-14-11-19-22(2,3)12-8-13-23(19,4)20(24)10-9-18(15-27-16-25-5)21(24)28-17-26-6/h18-21H,7-17H2,1-6H3/t18-,19-,20+,21-,23-,24+/m1/s1. The summed E-state index contributed by atoms with van der Waals surface area (Å²) < 4.78 is 22.8. The fourth-order valence-electron chi connectivity index (χ4n) is 8.03. The maximum Gasteiger partial charge on any atom is 0.146 e. The van der Waals surface area contributed by atoms with Gasteiger partial charge in [0.2, 0.25) is 0 Å². The van der Waals surface area contributed by atoms with Crippen molar-refractivity contribution in [2.24, 2.45) is 34.0 Å². The van der Waals surface area contributed by atoms with Crippen molar-refractivity contribution in [2.45, 2.75) is 85.2 Å². The molecule has 0 aromatic carbocycles. The normalized spacial score (nSPS) is 42.6. The molecule has 0 aromatic rings. The van der Waals surface area contributed by atoms with Gasteiger partial charge in [0.15, 0.2) is 0 Å². The molecule has 0 heterocycles. The molecule has 0 N–H and O–H groups in total. The van der Waals surface area contributed by atoms with Gasteiger partial charge >= 0.3 is 0 Å². The molecule has 3 saturated carbocycles. The SMILES string of the molecule is CC[C@]12CC[C@@H]3C(C)(C)CCC[C@@]3(C)[C@@H]1CC[C@H](COCOC)[C@H]2OCOC. The largest absolute Gasteiger partial charge is 0.359 e. The van der Waals surface area contributed by atoms with Crippen LogP contribution in [0.1, 0.15) is 79.1 Å². The van der Waals surface area contributed by atoms with Gasteiger partial charge in [-0.3, -0.25) is 0 Å². The summed E-state index contributed by atoms with van der Waals surface area (Å²) >= 11 is 0. The summed E-state index contributed by atoms with van der Waals surface area (Å²) in [5.74, 6) is 2.00. The third-order valence-corrected chi connectivity index (χ3v) is 9.04. The Balaban J connectivity index is 1.91. The van der Waals surface area contributed by atoms with E-state index in [1.54, 1.807) is 14.2 Å². The molecule has 0 aromatic heterocycles. The van der Waals surface area contributed by atoms with Crippen LogP contribution >= 0.6 is 0 Å². The first-order valence-electron chi connectivity index (χ1n) is 11.5. The van der Waals surface area contributed by atoms with E-state index in [0.717, 1.165) is 18.4 Å². The van der Waals surface area contributed by atoms with Gasteiger partial charge in [-0.2, -0.15) is 0 Å². The van der Waals surface area contributed by atoms with Gasteiger partial charge in [0, 0.05) is 25.6 Å². The molecule has 0 radical (unpaired) electrons. The van der Waals surface area contributed by atoms with Gasteiger partial charge in [0.1, 0.15) is 13.6 Å². The number of hydrogen-bond acceptors (Lipinski definition) is 4. The summed E-state index contributed by atoms with van der Waals surface area (Å²) in [5, 5.41) is 0. The lowest BCUT2D eigenvalue weighted by Crippen LogP contribution is -2.62. The molecule has 0 bridgehead atoms. The Morgan fingerprint density at radius 2 is 1.61 bits per heavy atom. The molecular weight excluding hydrogens is 352 g/mol. The van der Waals surface area contributed by atoms with Crippen LogP contribution in [0.15, 0.2) is 0 Å². The molecule has 0 spiro atoms. The summed E-state index contributed by atoms with van der Waals surface area (Å²) in [7, 11) is 3.42. The van der Waals surface area contributed by atoms with E-state index in [1.165, 1.54) is 51.4 Å². The number of ether oxygens (including phenoxy) is 4. The van der Waals surface area contributed by atoms with Gasteiger partial charge in [-0.1, -0.05) is 34.1 Å². The zero-order chi connectivity index (χ0) is 20.4. The van der Waals surface area contributed by atoms with E-state index in [9.17, 15) is 0 Å². The first kappa shape index (κ1) is 22.5. The number of rotatable bonds is 8. The molecule has 4 heteroatoms. The van der Waals surface area contributed by atoms with Crippen molar-refractivity contribution >= 4 is 0 Å². The van der Waals surface area contributed by atoms with Crippen molar-refractivity contribution in [3.8, 4) is 0 Å². The second-order valence-electron chi connectivity index (χ2n) is 10.7. The quantitative estimate of drug-likeness (QED) is 0.393. The van der Waals surface area contributed by atoms with Gasteiger partial charge in [-0.25, -0.2) is 0 Å². The van der Waals surface area contributed by atoms with Gasteiger partial charge in [0.05, 0.1) is 12.7 Å². The fourth-order valence-corrected chi connectivity index (χ4v) is 8.03. The predicted molar refractivity (Wildman–Crippen MR) is 112 cm³/mol. The molecular formula is C24H44O4. The first-order chi connectivity index (χ1) is 13.4. The van der Waals surface area contributed by atoms with E-state index in [1.807, 2.05) is 0 Å². The summed E-state index contributed by atoms with van der Waals surface area (Å²) in [6.45, 7) is 11.5. The summed E-state index contributed by atoms with van der Waals surface area (Å²) in [6, 6.07) is 0. The van der Waals surface area contributed by atoms with Crippen molar-refractivity contribution < 1.29 is 18.9 Å². The van der Waals surface area contributed by atoms with E-state index in [-0.39, 0.29) is 11.5 Å². The van der Waals surface area contributed by atoms with Gasteiger partial charge in [-0.15, -0.1) is 0 Å². The first-order valence-corrected chi connectivity index (χ1v) is 11.5. The van der Waals surface area contributed by atoms with Crippen molar-refractivity contribution in [3.63, 3.8) is 0 Å². The van der Waals surface area contributed by atoms with Gasteiger partial charge in [-0.05, 0) is 67.6 Å². The molecule has 3 aliphatic carbocycles. The third kappa shape index (κ3) is 3.79. The van der Waals surface area contributed by atoms with Crippen LogP contribution in [0, 0.1) is 34.0 Å². The van der Waals surface area contributed by atoms with Crippen molar-refractivity contribution in [1.82, 2.24) is 0 Å². The molecule has 0 aliphatic heterocycles. The van der Waals surface area contributed by atoms with Crippen LogP contribution in [-0.4, -0.2) is 40.5 Å². The number of hydrogen-bond donors (Lipinski definition) is 0. The molecule has 6 atom stereocenters. The number of fused-ring (bicyclic) bond motifs is 3. The van der Waals surface area contributed by atoms with Crippen molar-refractivity contribution in [2.75, 3.05) is 34.4 Å². The highest BCUT2D eigenvalue weighted by molar-refractivity contribution is 5.12. The summed E-state index contributed by atoms with van der Waals surface area (Å²) in [4.78, 5) is 0. The Kier molecular flexibility index (Phi) is 7.17. The van der Waals surface area contributed by atoms with Gasteiger partial charge in [0.25, 0.3) is 0 Å². The minimum Gasteiger partial charge on any atom is -0.359 e. The second kappa shape index (κ2) is 8.91. The minimum absolute atomic E-state index is 0.218. The van der Waals surface area contributed by atoms with E-state index in [2.05, 4.69) is 27.7 Å². The van der Waals surface area contributed by atoms with E-state index < -0.39 is 0 Å². The zero-order valence-electron chi connectivity index (χ0n) is 19.2. The smallest absolute Gasteiger partial charge is 0.146 e. The Labute approximate surface area is 173 Å². The monoisotopic (exact) mass is 396 g/mol. The van der Waals surface area contributed by atoms with Crippen LogP contribution < -0.4 is 0 Å². The van der Waals surface area contributed by atoms with Crippen LogP contribution in [-0.2, 0) is 18.9 Å². The van der Waals surface area contributed by atoms with Crippen LogP contribution in [0.5, 0.6) is 0 Å². The highest BCUT2D eigenvalue weighted by Crippen LogP contribution is 2.69. The summed E-state index contributed by atoms with van der Waals surface area (Å²) in [6.07, 6.45) is 10.7. The lowest BCUT2D eigenvalue weighted by Gasteiger charge is -2.67. The van der Waals surface area contributed by atoms with Gasteiger partial charge < -0.3 is 18.9 Å². The Morgan fingerprint density at radius 3 is 2.29 bits per heavy atom. The summed E-state index contributed by atoms with van der Waals surface area (Å²) in [5.41, 5.74) is 1.15. The van der Waals surface area contributed by atoms with Crippen molar-refractivity contribution in [1.29, 1.82) is 0 Å². The maximum absolute atomic E-state index is 6.47. The Hall–Kier alpha value is -0.160. The van der Waals surface area contributed by atoms with Crippen LogP contribution in [0.3, 0.4) is 0 Å². The number of methoxy groups -OCH3 is 2. The van der Waals surface area contributed by atoms with E-state index in [4.69, 9.17) is 18.9 Å². The van der Waals surface area contributed by atoms with Crippen LogP contribution in [0.25, 0.3) is 0 Å². The Bertz CT molecular complexity index is 507. The molecule has 28 heavy (non-hydrogen) atoms. The second-order valence-corrected chi connectivity index (χ2v) is 10.7. The zero-order valence-corrected chi connectivity index (χ0v) is 19.2. The average Bonchev–Trinajstić information content (AvgIpc) is 2.66. The maximum atomic E-state index is 6.47. The van der Waals surface area contributed by atoms with Crippen LogP contribution in [0.4, 0.5) is 0 Å². The Morgan fingerprint density at radius 1 is 0.857 bits per heavy atom. The molecule has 164 valence electrons. The molecule has 0 amide bonds. The van der Waals surface area contributed by atoms with E-state index >= 15 is 0 Å².